The number of anilines is 2. The predicted molar refractivity (Wildman–Crippen MR) is 85.5 cm³/mol. The molecule has 4 nitrogen and oxygen atoms in total. The average molecular weight is 276 g/mol. The van der Waals surface area contributed by atoms with Crippen molar-refractivity contribution in [1.82, 2.24) is 9.97 Å². The van der Waals surface area contributed by atoms with Crippen LogP contribution >= 0.6 is 0 Å². The molecule has 0 spiro atoms. The van der Waals surface area contributed by atoms with E-state index in [1.807, 2.05) is 7.05 Å². The maximum absolute atomic E-state index is 4.80. The quantitative estimate of drug-likeness (QED) is 0.825. The maximum atomic E-state index is 4.80. The molecular weight excluding hydrogens is 248 g/mol. The first-order valence-electron chi connectivity index (χ1n) is 7.84. The largest absolute Gasteiger partial charge is 0.373 e. The minimum absolute atomic E-state index is 0.355. The highest BCUT2D eigenvalue weighted by atomic mass is 15.2. The van der Waals surface area contributed by atoms with Gasteiger partial charge < -0.3 is 10.2 Å². The first-order chi connectivity index (χ1) is 9.51. The molecule has 1 N–H and O–H groups in total. The molecule has 2 rings (SSSR count). The van der Waals surface area contributed by atoms with Crippen molar-refractivity contribution in [3.63, 3.8) is 0 Å². The van der Waals surface area contributed by atoms with E-state index in [2.05, 4.69) is 49.0 Å². The fourth-order valence-electron chi connectivity index (χ4n) is 2.25. The average Bonchev–Trinajstić information content (AvgIpc) is 3.22. The molecule has 1 aliphatic carbocycles. The Labute approximate surface area is 123 Å². The van der Waals surface area contributed by atoms with Crippen LogP contribution in [-0.4, -0.2) is 29.6 Å². The second-order valence-corrected chi connectivity index (χ2v) is 6.48. The van der Waals surface area contributed by atoms with Crippen LogP contribution in [0.4, 0.5) is 11.6 Å². The van der Waals surface area contributed by atoms with Crippen LogP contribution in [-0.2, 0) is 0 Å². The third-order valence-electron chi connectivity index (χ3n) is 3.73. The van der Waals surface area contributed by atoms with Crippen LogP contribution in [0, 0.1) is 5.92 Å². The van der Waals surface area contributed by atoms with E-state index >= 15 is 0 Å². The molecule has 1 saturated carbocycles. The topological polar surface area (TPSA) is 41.0 Å². The summed E-state index contributed by atoms with van der Waals surface area (Å²) in [6.07, 6.45) is 3.81. The van der Waals surface area contributed by atoms with Gasteiger partial charge in [-0.2, -0.15) is 0 Å². The highest BCUT2D eigenvalue weighted by molar-refractivity contribution is 5.51. The van der Waals surface area contributed by atoms with Gasteiger partial charge >= 0.3 is 0 Å². The summed E-state index contributed by atoms with van der Waals surface area (Å²) in [5.41, 5.74) is 0. The Kier molecular flexibility index (Phi) is 4.84. The zero-order chi connectivity index (χ0) is 14.7. The zero-order valence-electron chi connectivity index (χ0n) is 13.5. The Morgan fingerprint density at radius 3 is 2.45 bits per heavy atom. The molecule has 112 valence electrons. The van der Waals surface area contributed by atoms with Gasteiger partial charge in [0.05, 0.1) is 0 Å². The number of rotatable bonds is 7. The number of aromatic nitrogens is 2. The van der Waals surface area contributed by atoms with Gasteiger partial charge in [0, 0.05) is 31.6 Å². The molecule has 0 radical (unpaired) electrons. The SMILES string of the molecule is CNc1cc(N(CCC(C)C)C2CC2)nc(C(C)C)n1. The highest BCUT2D eigenvalue weighted by Gasteiger charge is 2.30. The highest BCUT2D eigenvalue weighted by Crippen LogP contribution is 2.32. The van der Waals surface area contributed by atoms with Gasteiger partial charge in [-0.15, -0.1) is 0 Å². The van der Waals surface area contributed by atoms with Crippen LogP contribution in [0.2, 0.25) is 0 Å². The summed E-state index contributed by atoms with van der Waals surface area (Å²) < 4.78 is 0. The van der Waals surface area contributed by atoms with E-state index in [1.165, 1.54) is 19.3 Å². The molecule has 1 heterocycles. The zero-order valence-corrected chi connectivity index (χ0v) is 13.5. The molecule has 20 heavy (non-hydrogen) atoms. The van der Waals surface area contributed by atoms with Gasteiger partial charge in [-0.1, -0.05) is 27.7 Å². The molecule has 0 saturated heterocycles. The second kappa shape index (κ2) is 6.42. The number of nitrogens with zero attached hydrogens (tertiary/aromatic N) is 3. The fourth-order valence-corrected chi connectivity index (χ4v) is 2.25. The van der Waals surface area contributed by atoms with Gasteiger partial charge in [0.25, 0.3) is 0 Å². The standard InChI is InChI=1S/C16H28N4/c1-11(2)8-9-20(13-6-7-13)15-10-14(17-5)18-16(19-15)12(3)4/h10-13H,6-9H2,1-5H3,(H,17,18,19). The maximum Gasteiger partial charge on any atom is 0.135 e. The third-order valence-corrected chi connectivity index (χ3v) is 3.73. The third kappa shape index (κ3) is 3.84. The minimum Gasteiger partial charge on any atom is -0.373 e. The van der Waals surface area contributed by atoms with Crippen molar-refractivity contribution in [2.75, 3.05) is 23.8 Å². The Morgan fingerprint density at radius 2 is 1.95 bits per heavy atom. The Balaban J connectivity index is 2.24. The van der Waals surface area contributed by atoms with Gasteiger partial charge in [-0.25, -0.2) is 9.97 Å². The lowest BCUT2D eigenvalue weighted by atomic mass is 10.1. The van der Waals surface area contributed by atoms with Gasteiger partial charge in [-0.05, 0) is 25.2 Å². The summed E-state index contributed by atoms with van der Waals surface area (Å²) in [4.78, 5) is 11.8. The van der Waals surface area contributed by atoms with Crippen LogP contribution in [0.25, 0.3) is 0 Å². The van der Waals surface area contributed by atoms with Crippen LogP contribution in [0.3, 0.4) is 0 Å². The van der Waals surface area contributed by atoms with E-state index in [-0.39, 0.29) is 0 Å². The molecule has 0 unspecified atom stereocenters. The monoisotopic (exact) mass is 276 g/mol. The molecule has 4 heteroatoms. The summed E-state index contributed by atoms with van der Waals surface area (Å²) >= 11 is 0. The number of nitrogens with one attached hydrogen (secondary N) is 1. The number of hydrogen-bond acceptors (Lipinski definition) is 4. The molecule has 0 bridgehead atoms. The first-order valence-corrected chi connectivity index (χ1v) is 7.84. The van der Waals surface area contributed by atoms with Crippen molar-refractivity contribution in [3.05, 3.63) is 11.9 Å². The smallest absolute Gasteiger partial charge is 0.135 e. The van der Waals surface area contributed by atoms with Crippen molar-refractivity contribution < 1.29 is 0 Å². The number of hydrogen-bond donors (Lipinski definition) is 1. The normalized spacial score (nSPS) is 14.9. The second-order valence-electron chi connectivity index (χ2n) is 6.48. The van der Waals surface area contributed by atoms with Gasteiger partial charge in [0.1, 0.15) is 17.5 Å². The fraction of sp³-hybridized carbons (Fsp3) is 0.750. The lowest BCUT2D eigenvalue weighted by molar-refractivity contribution is 0.567. The molecule has 0 aliphatic heterocycles. The van der Waals surface area contributed by atoms with Crippen molar-refractivity contribution in [3.8, 4) is 0 Å². The lowest BCUT2D eigenvalue weighted by Gasteiger charge is -2.25. The van der Waals surface area contributed by atoms with E-state index in [4.69, 9.17) is 4.98 Å². The van der Waals surface area contributed by atoms with E-state index < -0.39 is 0 Å². The summed E-state index contributed by atoms with van der Waals surface area (Å²) in [6, 6.07) is 2.78. The van der Waals surface area contributed by atoms with E-state index in [0.717, 1.165) is 29.9 Å². The van der Waals surface area contributed by atoms with Crippen molar-refractivity contribution in [2.24, 2.45) is 5.92 Å². The van der Waals surface area contributed by atoms with Gasteiger partial charge in [-0.3, -0.25) is 0 Å². The first kappa shape index (κ1) is 15.1. The van der Waals surface area contributed by atoms with Gasteiger partial charge in [0.15, 0.2) is 0 Å². The molecular formula is C16H28N4. The summed E-state index contributed by atoms with van der Waals surface area (Å²) in [5, 5.41) is 3.16. The van der Waals surface area contributed by atoms with Gasteiger partial charge in [0.2, 0.25) is 0 Å². The lowest BCUT2D eigenvalue weighted by Crippen LogP contribution is -2.29. The van der Waals surface area contributed by atoms with Crippen molar-refractivity contribution >= 4 is 11.6 Å². The minimum atomic E-state index is 0.355. The van der Waals surface area contributed by atoms with Crippen LogP contribution in [0.1, 0.15) is 58.7 Å². The molecule has 0 aromatic carbocycles. The Morgan fingerprint density at radius 1 is 1.25 bits per heavy atom. The molecule has 1 aliphatic rings. The van der Waals surface area contributed by atoms with Crippen molar-refractivity contribution in [2.45, 2.75) is 58.9 Å². The summed E-state index contributed by atoms with van der Waals surface area (Å²) in [5.74, 6) is 4.03. The molecule has 0 atom stereocenters. The Hall–Kier alpha value is -1.32. The molecule has 1 aromatic heterocycles. The molecule has 1 fully saturated rings. The van der Waals surface area contributed by atoms with Crippen molar-refractivity contribution in [1.29, 1.82) is 0 Å². The summed E-state index contributed by atoms with van der Waals surface area (Å²) in [6.45, 7) is 9.95. The summed E-state index contributed by atoms with van der Waals surface area (Å²) in [7, 11) is 1.92. The van der Waals surface area contributed by atoms with E-state index in [1.54, 1.807) is 0 Å². The van der Waals surface area contributed by atoms with E-state index in [9.17, 15) is 0 Å². The van der Waals surface area contributed by atoms with E-state index in [0.29, 0.717) is 12.0 Å². The Bertz CT molecular complexity index is 438. The molecule has 0 amide bonds. The van der Waals surface area contributed by atoms with Crippen LogP contribution < -0.4 is 10.2 Å². The van der Waals surface area contributed by atoms with Crippen LogP contribution in [0.5, 0.6) is 0 Å². The van der Waals surface area contributed by atoms with Crippen LogP contribution in [0.15, 0.2) is 6.07 Å². The predicted octanol–water partition coefficient (Wildman–Crippen LogP) is 3.66. The molecule has 1 aromatic rings.